The Kier molecular flexibility index (Phi) is 2.64. The highest BCUT2D eigenvalue weighted by Gasteiger charge is 2.08. The lowest BCUT2D eigenvalue weighted by molar-refractivity contribution is 0.0593. The summed E-state index contributed by atoms with van der Waals surface area (Å²) >= 11 is 3.33. The lowest BCUT2D eigenvalue weighted by Gasteiger charge is -2.00. The number of aromatic nitrogens is 2. The van der Waals surface area contributed by atoms with Crippen molar-refractivity contribution >= 4 is 32.8 Å². The maximum atomic E-state index is 11.2. The Morgan fingerprint density at radius 1 is 1.33 bits per heavy atom. The van der Waals surface area contributed by atoms with Crippen LogP contribution in [0.1, 0.15) is 10.5 Å². The number of hydrogen-bond donors (Lipinski definition) is 0. The van der Waals surface area contributed by atoms with Crippen molar-refractivity contribution in [3.63, 3.8) is 0 Å². The Bertz CT molecular complexity index is 528. The van der Waals surface area contributed by atoms with Crippen LogP contribution in [0.2, 0.25) is 0 Å². The summed E-state index contributed by atoms with van der Waals surface area (Å²) in [6, 6.07) is 7.23. The van der Waals surface area contributed by atoms with Gasteiger partial charge >= 0.3 is 5.97 Å². The number of benzene rings is 1. The first-order chi connectivity index (χ1) is 7.20. The van der Waals surface area contributed by atoms with Crippen molar-refractivity contribution < 1.29 is 9.53 Å². The highest BCUT2D eigenvalue weighted by molar-refractivity contribution is 9.10. The molecule has 5 heteroatoms. The largest absolute Gasteiger partial charge is 0.464 e. The molecule has 4 nitrogen and oxygen atoms in total. The van der Waals surface area contributed by atoms with Crippen LogP contribution in [0.5, 0.6) is 0 Å². The minimum atomic E-state index is -0.479. The van der Waals surface area contributed by atoms with Crippen LogP contribution in [0.15, 0.2) is 28.7 Å². The van der Waals surface area contributed by atoms with Crippen molar-refractivity contribution in [1.82, 2.24) is 10.2 Å². The molecule has 1 heterocycles. The third-order valence-corrected chi connectivity index (χ3v) is 2.44. The normalized spacial score (nSPS) is 10.3. The van der Waals surface area contributed by atoms with Gasteiger partial charge in [-0.15, -0.1) is 10.2 Å². The van der Waals surface area contributed by atoms with Gasteiger partial charge in [0.2, 0.25) is 0 Å². The van der Waals surface area contributed by atoms with E-state index in [0.29, 0.717) is 0 Å². The van der Waals surface area contributed by atoms with Gasteiger partial charge < -0.3 is 4.74 Å². The highest BCUT2D eigenvalue weighted by atomic mass is 79.9. The van der Waals surface area contributed by atoms with Crippen LogP contribution in [-0.2, 0) is 4.74 Å². The predicted octanol–water partition coefficient (Wildman–Crippen LogP) is 2.18. The van der Waals surface area contributed by atoms with Crippen LogP contribution in [0.25, 0.3) is 10.9 Å². The van der Waals surface area contributed by atoms with Gasteiger partial charge in [0, 0.05) is 9.86 Å². The molecule has 2 aromatic rings. The second-order valence-corrected chi connectivity index (χ2v) is 3.84. The van der Waals surface area contributed by atoms with Crippen LogP contribution in [0.3, 0.4) is 0 Å². The smallest absolute Gasteiger partial charge is 0.358 e. The molecule has 1 aromatic heterocycles. The summed E-state index contributed by atoms with van der Waals surface area (Å²) in [6.45, 7) is 0. The summed E-state index contributed by atoms with van der Waals surface area (Å²) in [5.74, 6) is -0.479. The summed E-state index contributed by atoms with van der Waals surface area (Å²) < 4.78 is 5.48. The van der Waals surface area contributed by atoms with Crippen molar-refractivity contribution in [1.29, 1.82) is 0 Å². The van der Waals surface area contributed by atoms with E-state index in [1.165, 1.54) is 7.11 Å². The van der Waals surface area contributed by atoms with Crippen molar-refractivity contribution in [3.05, 3.63) is 34.4 Å². The fourth-order valence-corrected chi connectivity index (χ4v) is 1.56. The molecule has 0 aliphatic rings. The Morgan fingerprint density at radius 2 is 2.13 bits per heavy atom. The highest BCUT2D eigenvalue weighted by Crippen LogP contribution is 2.17. The van der Waals surface area contributed by atoms with E-state index in [0.717, 1.165) is 15.4 Å². The first-order valence-corrected chi connectivity index (χ1v) is 5.01. The van der Waals surface area contributed by atoms with E-state index in [1.54, 1.807) is 6.07 Å². The van der Waals surface area contributed by atoms with Crippen molar-refractivity contribution in [2.75, 3.05) is 7.11 Å². The number of rotatable bonds is 1. The number of esters is 1. The zero-order chi connectivity index (χ0) is 10.8. The zero-order valence-corrected chi connectivity index (χ0v) is 9.48. The molecule has 0 saturated heterocycles. The van der Waals surface area contributed by atoms with Gasteiger partial charge in [-0.2, -0.15) is 0 Å². The minimum absolute atomic E-state index is 0.215. The Labute approximate surface area is 94.4 Å². The maximum absolute atomic E-state index is 11.2. The first kappa shape index (κ1) is 10.0. The van der Waals surface area contributed by atoms with Crippen LogP contribution >= 0.6 is 15.9 Å². The molecule has 0 aliphatic carbocycles. The van der Waals surface area contributed by atoms with Gasteiger partial charge in [0.1, 0.15) is 0 Å². The number of nitrogens with zero attached hydrogens (tertiary/aromatic N) is 2. The Balaban J connectivity index is 2.57. The second kappa shape index (κ2) is 3.94. The average Bonchev–Trinajstić information content (AvgIpc) is 2.27. The topological polar surface area (TPSA) is 52.1 Å². The van der Waals surface area contributed by atoms with Gasteiger partial charge in [0.25, 0.3) is 0 Å². The third-order valence-electron chi connectivity index (χ3n) is 1.94. The quantitative estimate of drug-likeness (QED) is 0.743. The molecule has 76 valence electrons. The fraction of sp³-hybridized carbons (Fsp3) is 0.100. The molecule has 15 heavy (non-hydrogen) atoms. The lowest BCUT2D eigenvalue weighted by atomic mass is 10.2. The molecule has 0 unspecified atom stereocenters. The number of halogens is 1. The molecule has 0 radical (unpaired) electrons. The van der Waals surface area contributed by atoms with E-state index in [1.807, 2.05) is 18.2 Å². The van der Waals surface area contributed by atoms with Crippen LogP contribution in [0.4, 0.5) is 0 Å². The van der Waals surface area contributed by atoms with E-state index in [9.17, 15) is 4.79 Å². The van der Waals surface area contributed by atoms with Crippen LogP contribution < -0.4 is 0 Å². The predicted molar refractivity (Wildman–Crippen MR) is 58.6 cm³/mol. The molecule has 1 aromatic carbocycles. The fourth-order valence-electron chi connectivity index (χ4n) is 1.21. The number of carbonyl (C=O) groups excluding carboxylic acids is 1. The second-order valence-electron chi connectivity index (χ2n) is 2.92. The molecule has 0 saturated carbocycles. The molecule has 0 spiro atoms. The van der Waals surface area contributed by atoms with E-state index in [4.69, 9.17) is 0 Å². The van der Waals surface area contributed by atoms with Gasteiger partial charge in [-0.25, -0.2) is 4.79 Å². The van der Waals surface area contributed by atoms with Gasteiger partial charge in [-0.1, -0.05) is 22.0 Å². The molecule has 2 rings (SSSR count). The average molecular weight is 267 g/mol. The number of methoxy groups -OCH3 is 1. The summed E-state index contributed by atoms with van der Waals surface area (Å²) in [5, 5.41) is 8.56. The molecule has 0 amide bonds. The summed E-state index contributed by atoms with van der Waals surface area (Å²) in [6.07, 6.45) is 0. The number of ether oxygens (including phenoxy) is 1. The van der Waals surface area contributed by atoms with Crippen LogP contribution in [-0.4, -0.2) is 23.3 Å². The molecule has 0 atom stereocenters. The summed E-state index contributed by atoms with van der Waals surface area (Å²) in [5.41, 5.74) is 0.948. The number of carbonyl (C=O) groups is 1. The standard InChI is InChI=1S/C10H7BrN2O2/c1-15-10(14)9-4-6-2-3-7(11)5-8(6)12-13-9/h2-5H,1H3. The SMILES string of the molecule is COC(=O)c1cc2ccc(Br)cc2nn1. The minimum Gasteiger partial charge on any atom is -0.464 e. The lowest BCUT2D eigenvalue weighted by Crippen LogP contribution is -2.05. The maximum Gasteiger partial charge on any atom is 0.358 e. The van der Waals surface area contributed by atoms with Gasteiger partial charge in [0.15, 0.2) is 5.69 Å². The molecule has 0 N–H and O–H groups in total. The van der Waals surface area contributed by atoms with E-state index >= 15 is 0 Å². The molecular formula is C10H7BrN2O2. The van der Waals surface area contributed by atoms with Gasteiger partial charge in [0.05, 0.1) is 12.6 Å². The molecule has 0 fully saturated rings. The van der Waals surface area contributed by atoms with Gasteiger partial charge in [-0.05, 0) is 18.2 Å². The van der Waals surface area contributed by atoms with Crippen LogP contribution in [0, 0.1) is 0 Å². The van der Waals surface area contributed by atoms with E-state index in [2.05, 4.69) is 30.9 Å². The molecular weight excluding hydrogens is 260 g/mol. The summed E-state index contributed by atoms with van der Waals surface area (Å²) in [7, 11) is 1.32. The Morgan fingerprint density at radius 3 is 2.87 bits per heavy atom. The van der Waals surface area contributed by atoms with E-state index in [-0.39, 0.29) is 5.69 Å². The van der Waals surface area contributed by atoms with Crippen molar-refractivity contribution in [2.24, 2.45) is 0 Å². The first-order valence-electron chi connectivity index (χ1n) is 4.22. The summed E-state index contributed by atoms with van der Waals surface area (Å²) in [4.78, 5) is 11.2. The van der Waals surface area contributed by atoms with Crippen molar-refractivity contribution in [2.45, 2.75) is 0 Å². The molecule has 0 bridgehead atoms. The third kappa shape index (κ3) is 1.97. The monoisotopic (exact) mass is 266 g/mol. The number of fused-ring (bicyclic) bond motifs is 1. The molecule has 0 aliphatic heterocycles. The van der Waals surface area contributed by atoms with Crippen molar-refractivity contribution in [3.8, 4) is 0 Å². The van der Waals surface area contributed by atoms with Gasteiger partial charge in [-0.3, -0.25) is 0 Å². The van der Waals surface area contributed by atoms with E-state index < -0.39 is 5.97 Å². The Hall–Kier alpha value is -1.49. The zero-order valence-electron chi connectivity index (χ0n) is 7.90. The number of hydrogen-bond acceptors (Lipinski definition) is 4.